The minimum Gasteiger partial charge on any atom is -0.459 e. The van der Waals surface area contributed by atoms with Crippen molar-refractivity contribution in [2.24, 2.45) is 0 Å². The van der Waals surface area contributed by atoms with Crippen molar-refractivity contribution in [1.29, 1.82) is 0 Å². The molecule has 1 atom stereocenters. The van der Waals surface area contributed by atoms with Gasteiger partial charge in [-0.25, -0.2) is 14.5 Å². The number of ether oxygens (including phenoxy) is 2. The summed E-state index contributed by atoms with van der Waals surface area (Å²) in [4.78, 5) is 60.5. The molecule has 0 bridgehead atoms. The van der Waals surface area contributed by atoms with E-state index < -0.39 is 45.2 Å². The summed E-state index contributed by atoms with van der Waals surface area (Å²) in [5.74, 6) is -1.67. The van der Waals surface area contributed by atoms with Crippen LogP contribution in [0.15, 0.2) is 90.6 Å². The van der Waals surface area contributed by atoms with Crippen molar-refractivity contribution in [2.45, 2.75) is 25.7 Å². The second kappa shape index (κ2) is 12.8. The number of imide groups is 1. The molecule has 210 valence electrons. The summed E-state index contributed by atoms with van der Waals surface area (Å²) >= 11 is 0. The van der Waals surface area contributed by atoms with Gasteiger partial charge >= 0.3 is 17.7 Å². The first kappa shape index (κ1) is 28.2. The number of benzene rings is 3. The topological polar surface area (TPSA) is 183 Å². The molecule has 1 aliphatic heterocycles. The van der Waals surface area contributed by atoms with Crippen LogP contribution in [0.25, 0.3) is 0 Å². The normalized spacial score (nSPS) is 15.3. The summed E-state index contributed by atoms with van der Waals surface area (Å²) in [6, 6.07) is 19.2. The fraction of sp³-hybridized carbons (Fsp3) is 0.148. The maximum atomic E-state index is 13.2. The van der Waals surface area contributed by atoms with Gasteiger partial charge < -0.3 is 14.9 Å². The standard InChI is InChI=1S/C27H23N5O9/c33-25-20(15-28-29-22-12-11-21(31(36)37)14-23(22)32(38)39)13-24(26(34)40-16-18-7-3-1-4-8-18)30(25)27(35)41-17-19-9-5-2-6-10-19/h1-12,14-15,24,28-29H,13,16-17H2/b20-15-/t24-/m0/s1. The van der Waals surface area contributed by atoms with Crippen molar-refractivity contribution >= 4 is 35.0 Å². The number of nitrogens with zero attached hydrogens (tertiary/aromatic N) is 3. The van der Waals surface area contributed by atoms with Crippen molar-refractivity contribution in [1.82, 2.24) is 10.3 Å². The molecule has 2 N–H and O–H groups in total. The molecule has 1 heterocycles. The van der Waals surface area contributed by atoms with Crippen LogP contribution in [-0.2, 0) is 32.3 Å². The zero-order valence-corrected chi connectivity index (χ0v) is 21.3. The average Bonchev–Trinajstić information content (AvgIpc) is 3.31. The van der Waals surface area contributed by atoms with Gasteiger partial charge in [0, 0.05) is 24.3 Å². The van der Waals surface area contributed by atoms with Crippen LogP contribution in [0.4, 0.5) is 21.9 Å². The van der Waals surface area contributed by atoms with E-state index in [0.29, 0.717) is 16.0 Å². The Balaban J connectivity index is 1.50. The molecule has 4 rings (SSSR count). The van der Waals surface area contributed by atoms with Crippen LogP contribution in [0, 0.1) is 20.2 Å². The minimum atomic E-state index is -1.32. The third kappa shape index (κ3) is 7.00. The predicted molar refractivity (Wildman–Crippen MR) is 143 cm³/mol. The first-order valence-electron chi connectivity index (χ1n) is 12.1. The van der Waals surface area contributed by atoms with E-state index in [4.69, 9.17) is 9.47 Å². The molecule has 0 aliphatic carbocycles. The van der Waals surface area contributed by atoms with E-state index in [1.54, 1.807) is 60.7 Å². The molecule has 3 aromatic rings. The monoisotopic (exact) mass is 561 g/mol. The zero-order valence-electron chi connectivity index (χ0n) is 21.3. The summed E-state index contributed by atoms with van der Waals surface area (Å²) in [5, 5.41) is 22.3. The molecule has 0 spiro atoms. The molecule has 0 unspecified atom stereocenters. The van der Waals surface area contributed by atoms with Crippen LogP contribution in [0.1, 0.15) is 17.5 Å². The highest BCUT2D eigenvalue weighted by Crippen LogP contribution is 2.29. The molecular formula is C27H23N5O9. The third-order valence-electron chi connectivity index (χ3n) is 5.96. The molecule has 14 nitrogen and oxygen atoms in total. The maximum absolute atomic E-state index is 13.2. The van der Waals surface area contributed by atoms with Crippen molar-refractivity contribution in [3.8, 4) is 0 Å². The number of nitro groups is 2. The second-order valence-electron chi connectivity index (χ2n) is 8.68. The Bertz CT molecular complexity index is 1500. The summed E-state index contributed by atoms with van der Waals surface area (Å²) in [6.07, 6.45) is -0.151. The highest BCUT2D eigenvalue weighted by molar-refractivity contribution is 6.08. The average molecular weight is 562 g/mol. The molecule has 14 heteroatoms. The molecule has 41 heavy (non-hydrogen) atoms. The van der Waals surface area contributed by atoms with E-state index in [0.717, 1.165) is 24.4 Å². The smallest absolute Gasteiger partial charge is 0.417 e. The number of non-ortho nitro benzene ring substituents is 1. The lowest BCUT2D eigenvalue weighted by Crippen LogP contribution is -2.44. The van der Waals surface area contributed by atoms with E-state index in [9.17, 15) is 34.6 Å². The van der Waals surface area contributed by atoms with Crippen molar-refractivity contribution < 1.29 is 33.7 Å². The quantitative estimate of drug-likeness (QED) is 0.158. The molecule has 1 aliphatic rings. The number of carbonyl (C=O) groups excluding carboxylic acids is 3. The van der Waals surface area contributed by atoms with Gasteiger partial charge in [-0.2, -0.15) is 0 Å². The molecule has 0 aromatic heterocycles. The van der Waals surface area contributed by atoms with Crippen LogP contribution >= 0.6 is 0 Å². The minimum absolute atomic E-state index is 0.0274. The number of likely N-dealkylation sites (tertiary alicyclic amines) is 1. The largest absolute Gasteiger partial charge is 0.459 e. The van der Waals surface area contributed by atoms with Crippen LogP contribution in [-0.4, -0.2) is 38.8 Å². The predicted octanol–water partition coefficient (Wildman–Crippen LogP) is 3.98. The maximum Gasteiger partial charge on any atom is 0.417 e. The fourth-order valence-corrected chi connectivity index (χ4v) is 3.91. The van der Waals surface area contributed by atoms with Crippen molar-refractivity contribution in [2.75, 3.05) is 5.43 Å². The van der Waals surface area contributed by atoms with Gasteiger partial charge in [-0.15, -0.1) is 0 Å². The lowest BCUT2D eigenvalue weighted by Gasteiger charge is -2.20. The number of carbonyl (C=O) groups is 3. The van der Waals surface area contributed by atoms with Gasteiger partial charge in [0.1, 0.15) is 24.9 Å². The molecule has 1 fully saturated rings. The third-order valence-corrected chi connectivity index (χ3v) is 5.96. The first-order valence-corrected chi connectivity index (χ1v) is 12.1. The Morgan fingerprint density at radius 1 is 0.902 bits per heavy atom. The first-order chi connectivity index (χ1) is 19.7. The molecular weight excluding hydrogens is 538 g/mol. The van der Waals surface area contributed by atoms with E-state index in [1.807, 2.05) is 0 Å². The van der Waals surface area contributed by atoms with E-state index in [-0.39, 0.29) is 30.9 Å². The molecule has 2 amide bonds. The van der Waals surface area contributed by atoms with Crippen LogP contribution in [0.2, 0.25) is 0 Å². The number of hydrogen-bond donors (Lipinski definition) is 2. The second-order valence-corrected chi connectivity index (χ2v) is 8.68. The Kier molecular flexibility index (Phi) is 8.84. The number of hydrazine groups is 1. The van der Waals surface area contributed by atoms with Crippen LogP contribution in [0.3, 0.4) is 0 Å². The van der Waals surface area contributed by atoms with Crippen molar-refractivity contribution in [3.63, 3.8) is 0 Å². The van der Waals surface area contributed by atoms with E-state index >= 15 is 0 Å². The van der Waals surface area contributed by atoms with Gasteiger partial charge in [-0.1, -0.05) is 60.7 Å². The van der Waals surface area contributed by atoms with Crippen LogP contribution < -0.4 is 10.9 Å². The number of esters is 1. The van der Waals surface area contributed by atoms with E-state index in [2.05, 4.69) is 10.9 Å². The zero-order chi connectivity index (χ0) is 29.4. The number of hydrogen-bond acceptors (Lipinski definition) is 11. The van der Waals surface area contributed by atoms with Crippen molar-refractivity contribution in [3.05, 3.63) is 122 Å². The summed E-state index contributed by atoms with van der Waals surface area (Å²) in [5.41, 5.74) is 5.17. The van der Waals surface area contributed by atoms with Gasteiger partial charge in [-0.05, 0) is 17.2 Å². The SMILES string of the molecule is O=C(OCc1ccccc1)[C@@H]1C/C(=C/NNc2ccc([N+](=O)[O-])cc2[N+](=O)[O-])C(=O)N1C(=O)OCc1ccccc1. The number of anilines is 1. The number of amides is 2. The summed E-state index contributed by atoms with van der Waals surface area (Å²) in [7, 11) is 0. The lowest BCUT2D eigenvalue weighted by molar-refractivity contribution is -0.393. The number of nitrogens with one attached hydrogen (secondary N) is 2. The molecule has 0 radical (unpaired) electrons. The number of nitro benzene ring substituents is 2. The Hall–Kier alpha value is -5.79. The summed E-state index contributed by atoms with van der Waals surface area (Å²) in [6.45, 7) is -0.224. The number of rotatable bonds is 10. The van der Waals surface area contributed by atoms with E-state index in [1.165, 1.54) is 0 Å². The van der Waals surface area contributed by atoms with Crippen LogP contribution in [0.5, 0.6) is 0 Å². The lowest BCUT2D eigenvalue weighted by atomic mass is 10.1. The van der Waals surface area contributed by atoms with Gasteiger partial charge in [0.15, 0.2) is 0 Å². The van der Waals surface area contributed by atoms with Gasteiger partial charge in [0.25, 0.3) is 11.6 Å². The molecule has 0 saturated carbocycles. The summed E-state index contributed by atoms with van der Waals surface area (Å²) < 4.78 is 10.6. The Labute approximate surface area is 232 Å². The highest BCUT2D eigenvalue weighted by atomic mass is 16.6. The van der Waals surface area contributed by atoms with Gasteiger partial charge in [0.05, 0.1) is 15.9 Å². The fourth-order valence-electron chi connectivity index (χ4n) is 3.91. The molecule has 1 saturated heterocycles. The van der Waals surface area contributed by atoms with Gasteiger partial charge in [0.2, 0.25) is 0 Å². The Morgan fingerprint density at radius 3 is 2.10 bits per heavy atom. The Morgan fingerprint density at radius 2 is 1.51 bits per heavy atom. The highest BCUT2D eigenvalue weighted by Gasteiger charge is 2.45. The van der Waals surface area contributed by atoms with Gasteiger partial charge in [-0.3, -0.25) is 30.4 Å². The molecule has 3 aromatic carbocycles.